The van der Waals surface area contributed by atoms with E-state index in [9.17, 15) is 9.59 Å². The van der Waals surface area contributed by atoms with Gasteiger partial charge in [0, 0.05) is 37.0 Å². The molecule has 1 aliphatic rings. The number of nitrogens with zero attached hydrogens (tertiary/aromatic N) is 3. The third-order valence-corrected chi connectivity index (χ3v) is 8.11. The molecule has 206 valence electrons. The van der Waals surface area contributed by atoms with Gasteiger partial charge in [-0.25, -0.2) is 9.07 Å². The Morgan fingerprint density at radius 1 is 1.10 bits per heavy atom. The maximum absolute atomic E-state index is 15.3. The second kappa shape index (κ2) is 12.7. The van der Waals surface area contributed by atoms with Crippen molar-refractivity contribution >= 4 is 41.0 Å². The molecule has 0 spiro atoms. The van der Waals surface area contributed by atoms with Gasteiger partial charge in [-0.15, -0.1) is 11.8 Å². The molecule has 5 rings (SSSR count). The molecule has 3 aromatic carbocycles. The number of aromatic nitrogens is 2. The van der Waals surface area contributed by atoms with E-state index in [1.807, 2.05) is 36.4 Å². The first-order valence-electron chi connectivity index (χ1n) is 12.8. The van der Waals surface area contributed by atoms with E-state index >= 15 is 4.39 Å². The van der Waals surface area contributed by atoms with Crippen molar-refractivity contribution < 1.29 is 18.7 Å². The average Bonchev–Trinajstić information content (AvgIpc) is 3.29. The second-order valence-corrected chi connectivity index (χ2v) is 10.7. The number of rotatable bonds is 9. The summed E-state index contributed by atoms with van der Waals surface area (Å²) in [5.41, 5.74) is 2.99. The van der Waals surface area contributed by atoms with Gasteiger partial charge < -0.3 is 10.1 Å². The van der Waals surface area contributed by atoms with Crippen molar-refractivity contribution in [2.24, 2.45) is 0 Å². The molecule has 0 bridgehead atoms. The van der Waals surface area contributed by atoms with Gasteiger partial charge in [0.25, 0.3) is 0 Å². The van der Waals surface area contributed by atoms with Crippen LogP contribution in [0.25, 0.3) is 16.9 Å². The van der Waals surface area contributed by atoms with Crippen LogP contribution in [0.1, 0.15) is 22.8 Å². The molecule has 0 fully saturated rings. The summed E-state index contributed by atoms with van der Waals surface area (Å²) in [7, 11) is 1.60. The number of nitrogens with one attached hydrogen (secondary N) is 1. The van der Waals surface area contributed by atoms with Crippen LogP contribution in [0.5, 0.6) is 0 Å². The predicted molar refractivity (Wildman–Crippen MR) is 157 cm³/mol. The fourth-order valence-corrected chi connectivity index (χ4v) is 6.13. The smallest absolute Gasteiger partial charge is 0.240 e. The van der Waals surface area contributed by atoms with E-state index in [2.05, 4.69) is 5.32 Å². The molecule has 2 amide bonds. The molecule has 7 nitrogen and oxygen atoms in total. The summed E-state index contributed by atoms with van der Waals surface area (Å²) >= 11 is 7.96. The van der Waals surface area contributed by atoms with Crippen molar-refractivity contribution in [2.45, 2.75) is 11.7 Å². The molecule has 1 aromatic heterocycles. The van der Waals surface area contributed by atoms with Gasteiger partial charge in [0.15, 0.2) is 0 Å². The lowest BCUT2D eigenvalue weighted by atomic mass is 9.99. The molecule has 10 heteroatoms. The molecule has 0 radical (unpaired) electrons. The summed E-state index contributed by atoms with van der Waals surface area (Å²) in [5, 5.41) is 7.69. The molecule has 40 heavy (non-hydrogen) atoms. The summed E-state index contributed by atoms with van der Waals surface area (Å²) < 4.78 is 22.0. The summed E-state index contributed by atoms with van der Waals surface area (Å²) in [5.74, 6) is -0.557. The zero-order valence-electron chi connectivity index (χ0n) is 21.8. The van der Waals surface area contributed by atoms with Gasteiger partial charge in [-0.05, 0) is 24.6 Å². The van der Waals surface area contributed by atoms with Gasteiger partial charge in [0.2, 0.25) is 11.8 Å². The van der Waals surface area contributed by atoms with Crippen molar-refractivity contribution in [3.63, 3.8) is 0 Å². The zero-order valence-corrected chi connectivity index (χ0v) is 23.4. The molecular weight excluding hydrogens is 551 g/mol. The number of hydrogen-bond acceptors (Lipinski definition) is 5. The highest BCUT2D eigenvalue weighted by molar-refractivity contribution is 8.00. The SMILES string of the molecule is COCCCNC(=O)CN1C(=O)CS[C@H](c2ccccc2F)c2c(-c3ccccc3)nn(-c3ccccc3Cl)c21. The molecule has 4 aromatic rings. The number of carbonyl (C=O) groups excluding carboxylic acids is 2. The molecule has 0 unspecified atom stereocenters. The topological polar surface area (TPSA) is 76.5 Å². The summed E-state index contributed by atoms with van der Waals surface area (Å²) in [4.78, 5) is 28.2. The number of anilines is 1. The number of benzene rings is 3. The number of thioether (sulfide) groups is 1. The van der Waals surface area contributed by atoms with E-state index in [1.165, 1.54) is 22.7 Å². The maximum Gasteiger partial charge on any atom is 0.240 e. The predicted octanol–water partition coefficient (Wildman–Crippen LogP) is 5.65. The van der Waals surface area contributed by atoms with Crippen LogP contribution in [0.15, 0.2) is 78.9 Å². The summed E-state index contributed by atoms with van der Waals surface area (Å²) in [6, 6.07) is 23.2. The fourth-order valence-electron chi connectivity index (χ4n) is 4.70. The molecule has 0 aliphatic carbocycles. The lowest BCUT2D eigenvalue weighted by Crippen LogP contribution is -2.42. The Labute approximate surface area is 241 Å². The van der Waals surface area contributed by atoms with Gasteiger partial charge in [-0.2, -0.15) is 5.10 Å². The highest BCUT2D eigenvalue weighted by Gasteiger charge is 2.38. The Hall–Kier alpha value is -3.66. The van der Waals surface area contributed by atoms with Crippen molar-refractivity contribution in [1.82, 2.24) is 15.1 Å². The van der Waals surface area contributed by atoms with Crippen molar-refractivity contribution in [3.05, 3.63) is 101 Å². The van der Waals surface area contributed by atoms with Gasteiger partial charge in [0.1, 0.15) is 18.2 Å². The molecule has 0 saturated carbocycles. The van der Waals surface area contributed by atoms with Crippen molar-refractivity contribution in [2.75, 3.05) is 37.5 Å². The zero-order chi connectivity index (χ0) is 28.1. The van der Waals surface area contributed by atoms with Crippen LogP contribution in [-0.2, 0) is 14.3 Å². The minimum absolute atomic E-state index is 0.0430. The van der Waals surface area contributed by atoms with Crippen LogP contribution in [-0.4, -0.2) is 54.2 Å². The van der Waals surface area contributed by atoms with E-state index in [0.29, 0.717) is 52.9 Å². The molecule has 2 heterocycles. The normalized spacial score (nSPS) is 15.0. The lowest BCUT2D eigenvalue weighted by Gasteiger charge is -2.23. The Morgan fingerprint density at radius 3 is 2.58 bits per heavy atom. The third kappa shape index (κ3) is 5.77. The van der Waals surface area contributed by atoms with E-state index in [4.69, 9.17) is 21.4 Å². The Bertz CT molecular complexity index is 1510. The molecule has 0 saturated heterocycles. The standard InChI is InChI=1S/C30H28ClFN4O3S/c1-39-17-9-16-33-25(37)18-35-26(38)19-40-29(21-12-5-7-14-23(21)32)27-28(20-10-3-2-4-11-20)34-36(30(27)35)24-15-8-6-13-22(24)31/h2-8,10-15,29H,9,16-19H2,1H3,(H,33,37)/t29-/m1/s1. The van der Waals surface area contributed by atoms with Gasteiger partial charge in [-0.3, -0.25) is 14.5 Å². The number of methoxy groups -OCH3 is 1. The fraction of sp³-hybridized carbons (Fsp3) is 0.233. The van der Waals surface area contributed by atoms with E-state index in [1.54, 1.807) is 48.2 Å². The summed E-state index contributed by atoms with van der Waals surface area (Å²) in [6.07, 6.45) is 0.641. The number of hydrogen-bond donors (Lipinski definition) is 1. The highest BCUT2D eigenvalue weighted by atomic mass is 35.5. The average molecular weight is 579 g/mol. The third-order valence-electron chi connectivity index (χ3n) is 6.55. The quantitative estimate of drug-likeness (QED) is 0.260. The maximum atomic E-state index is 15.3. The highest BCUT2D eigenvalue weighted by Crippen LogP contribution is 2.49. The van der Waals surface area contributed by atoms with Crippen LogP contribution >= 0.6 is 23.4 Å². The minimum Gasteiger partial charge on any atom is -0.385 e. The number of halogens is 2. The van der Waals surface area contributed by atoms with Gasteiger partial charge in [-0.1, -0.05) is 72.3 Å². The molecule has 1 atom stereocenters. The largest absolute Gasteiger partial charge is 0.385 e. The van der Waals surface area contributed by atoms with Crippen LogP contribution in [0.3, 0.4) is 0 Å². The molecule has 1 N–H and O–H groups in total. The summed E-state index contributed by atoms with van der Waals surface area (Å²) in [6.45, 7) is 0.689. The first-order chi connectivity index (χ1) is 19.5. The Balaban J connectivity index is 1.73. The van der Waals surface area contributed by atoms with E-state index in [0.717, 1.165) is 5.56 Å². The Morgan fingerprint density at radius 2 is 1.82 bits per heavy atom. The number of carbonyl (C=O) groups is 2. The van der Waals surface area contributed by atoms with Gasteiger partial charge in [0.05, 0.1) is 27.4 Å². The van der Waals surface area contributed by atoms with Crippen LogP contribution in [0.4, 0.5) is 10.2 Å². The van der Waals surface area contributed by atoms with E-state index < -0.39 is 5.25 Å². The van der Waals surface area contributed by atoms with Crippen LogP contribution in [0.2, 0.25) is 5.02 Å². The molecule has 1 aliphatic heterocycles. The minimum atomic E-state index is -0.568. The van der Waals surface area contributed by atoms with Crippen molar-refractivity contribution in [1.29, 1.82) is 0 Å². The number of ether oxygens (including phenoxy) is 1. The first kappa shape index (κ1) is 27.9. The number of amides is 2. The van der Waals surface area contributed by atoms with Gasteiger partial charge >= 0.3 is 0 Å². The second-order valence-electron chi connectivity index (χ2n) is 9.20. The lowest BCUT2D eigenvalue weighted by molar-refractivity contribution is -0.122. The van der Waals surface area contributed by atoms with Crippen LogP contribution in [0, 0.1) is 5.82 Å². The number of para-hydroxylation sites is 1. The van der Waals surface area contributed by atoms with E-state index in [-0.39, 0.29) is 29.9 Å². The Kier molecular flexibility index (Phi) is 8.84. The van der Waals surface area contributed by atoms with Crippen molar-refractivity contribution in [3.8, 4) is 16.9 Å². The number of fused-ring (bicyclic) bond motifs is 1. The first-order valence-corrected chi connectivity index (χ1v) is 14.3. The van der Waals surface area contributed by atoms with Crippen LogP contribution < -0.4 is 10.2 Å². The molecular formula is C30H28ClFN4O3S. The monoisotopic (exact) mass is 578 g/mol.